The molecular weight excluding hydrogens is 200 g/mol. The molecule has 2 atom stereocenters. The molecule has 0 spiro atoms. The molecule has 2 aromatic rings. The van der Waals surface area contributed by atoms with Gasteiger partial charge in [0.1, 0.15) is 12.0 Å². The van der Waals surface area contributed by atoms with Crippen LogP contribution >= 0.6 is 0 Å². The third-order valence-corrected chi connectivity index (χ3v) is 3.60. The first-order valence-corrected chi connectivity index (χ1v) is 5.70. The lowest BCUT2D eigenvalue weighted by Crippen LogP contribution is -2.44. The maximum atomic E-state index is 4.37. The lowest BCUT2D eigenvalue weighted by atomic mass is 9.85. The van der Waals surface area contributed by atoms with E-state index in [9.17, 15) is 0 Å². The largest absolute Gasteiger partial charge is 0.328 e. The van der Waals surface area contributed by atoms with Crippen molar-refractivity contribution < 1.29 is 0 Å². The number of likely N-dealkylation sites (N-methyl/N-ethyl adjacent to an activating group) is 1. The summed E-state index contributed by atoms with van der Waals surface area (Å²) in [6, 6.07) is 3.31. The number of hydrogen-bond donors (Lipinski definition) is 0. The van der Waals surface area contributed by atoms with Gasteiger partial charge in [0.2, 0.25) is 0 Å². The second-order valence-electron chi connectivity index (χ2n) is 4.70. The highest BCUT2D eigenvalue weighted by atomic mass is 15.2. The molecule has 16 heavy (non-hydrogen) atoms. The first-order valence-electron chi connectivity index (χ1n) is 5.70. The Labute approximate surface area is 94.9 Å². The lowest BCUT2D eigenvalue weighted by molar-refractivity contribution is 0.116. The van der Waals surface area contributed by atoms with Gasteiger partial charge in [-0.2, -0.15) is 0 Å². The van der Waals surface area contributed by atoms with Gasteiger partial charge in [0, 0.05) is 23.8 Å². The SMILES string of the molecule is CN(C)C1CCC1n1ccc2cncnc21. The molecule has 2 aromatic heterocycles. The Morgan fingerprint density at radius 1 is 1.38 bits per heavy atom. The highest BCUT2D eigenvalue weighted by Gasteiger charge is 2.34. The number of hydrogen-bond acceptors (Lipinski definition) is 3. The van der Waals surface area contributed by atoms with Crippen LogP contribution < -0.4 is 0 Å². The maximum absolute atomic E-state index is 4.37. The second-order valence-corrected chi connectivity index (χ2v) is 4.70. The van der Waals surface area contributed by atoms with E-state index < -0.39 is 0 Å². The van der Waals surface area contributed by atoms with E-state index in [1.54, 1.807) is 6.33 Å². The fourth-order valence-electron chi connectivity index (χ4n) is 2.56. The molecule has 0 aliphatic heterocycles. The fraction of sp³-hybridized carbons (Fsp3) is 0.500. The number of fused-ring (bicyclic) bond motifs is 1. The average Bonchev–Trinajstić information content (AvgIpc) is 2.60. The van der Waals surface area contributed by atoms with Crippen molar-refractivity contribution in [2.45, 2.75) is 24.9 Å². The Balaban J connectivity index is 2.00. The third-order valence-electron chi connectivity index (χ3n) is 3.60. The van der Waals surface area contributed by atoms with Gasteiger partial charge in [0.25, 0.3) is 0 Å². The molecule has 3 rings (SSSR count). The number of nitrogens with zero attached hydrogens (tertiary/aromatic N) is 4. The Bertz CT molecular complexity index is 502. The average molecular weight is 216 g/mol. The van der Waals surface area contributed by atoms with Crippen LogP contribution in [0, 0.1) is 0 Å². The third kappa shape index (κ3) is 1.33. The molecule has 84 valence electrons. The van der Waals surface area contributed by atoms with Crippen LogP contribution in [-0.4, -0.2) is 39.6 Å². The van der Waals surface area contributed by atoms with Crippen molar-refractivity contribution in [3.8, 4) is 0 Å². The Morgan fingerprint density at radius 2 is 2.25 bits per heavy atom. The van der Waals surface area contributed by atoms with Crippen LogP contribution in [0.5, 0.6) is 0 Å². The zero-order valence-corrected chi connectivity index (χ0v) is 9.67. The predicted molar refractivity (Wildman–Crippen MR) is 63.3 cm³/mol. The van der Waals surface area contributed by atoms with Crippen molar-refractivity contribution in [1.82, 2.24) is 19.4 Å². The van der Waals surface area contributed by atoms with Gasteiger partial charge in [-0.05, 0) is 33.0 Å². The van der Waals surface area contributed by atoms with Crippen molar-refractivity contribution in [3.63, 3.8) is 0 Å². The van der Waals surface area contributed by atoms with Gasteiger partial charge in [-0.1, -0.05) is 0 Å². The Morgan fingerprint density at radius 3 is 2.94 bits per heavy atom. The van der Waals surface area contributed by atoms with Crippen LogP contribution in [0.1, 0.15) is 18.9 Å². The van der Waals surface area contributed by atoms with Crippen LogP contribution in [0.4, 0.5) is 0 Å². The highest BCUT2D eigenvalue weighted by molar-refractivity contribution is 5.74. The summed E-state index contributed by atoms with van der Waals surface area (Å²) in [5.74, 6) is 0. The quantitative estimate of drug-likeness (QED) is 0.766. The highest BCUT2D eigenvalue weighted by Crippen LogP contribution is 2.36. The summed E-state index contributed by atoms with van der Waals surface area (Å²) in [6.07, 6.45) is 8.17. The summed E-state index contributed by atoms with van der Waals surface area (Å²) in [6.45, 7) is 0. The molecule has 1 aliphatic carbocycles. The van der Waals surface area contributed by atoms with Gasteiger partial charge in [-0.25, -0.2) is 9.97 Å². The molecule has 0 radical (unpaired) electrons. The fourth-order valence-corrected chi connectivity index (χ4v) is 2.56. The minimum atomic E-state index is 0.572. The van der Waals surface area contributed by atoms with Crippen LogP contribution in [0.3, 0.4) is 0 Å². The van der Waals surface area contributed by atoms with E-state index in [4.69, 9.17) is 0 Å². The smallest absolute Gasteiger partial charge is 0.143 e. The number of aromatic nitrogens is 3. The van der Waals surface area contributed by atoms with E-state index >= 15 is 0 Å². The Hall–Kier alpha value is -1.42. The van der Waals surface area contributed by atoms with Gasteiger partial charge in [-0.3, -0.25) is 0 Å². The van der Waals surface area contributed by atoms with Crippen molar-refractivity contribution in [1.29, 1.82) is 0 Å². The molecule has 0 saturated heterocycles. The molecule has 1 fully saturated rings. The molecule has 4 heteroatoms. The van der Waals surface area contributed by atoms with E-state index in [2.05, 4.69) is 45.8 Å². The zero-order valence-electron chi connectivity index (χ0n) is 9.67. The molecule has 1 saturated carbocycles. The van der Waals surface area contributed by atoms with Crippen LogP contribution in [-0.2, 0) is 0 Å². The molecule has 0 bridgehead atoms. The summed E-state index contributed by atoms with van der Waals surface area (Å²) in [7, 11) is 4.30. The predicted octanol–water partition coefficient (Wildman–Crippen LogP) is 1.70. The van der Waals surface area contributed by atoms with Crippen molar-refractivity contribution in [3.05, 3.63) is 24.8 Å². The minimum Gasteiger partial charge on any atom is -0.328 e. The summed E-state index contributed by atoms with van der Waals surface area (Å²) in [4.78, 5) is 10.7. The van der Waals surface area contributed by atoms with E-state index in [1.165, 1.54) is 12.8 Å². The van der Waals surface area contributed by atoms with Crippen LogP contribution in [0.2, 0.25) is 0 Å². The standard InChI is InChI=1S/C12H16N4/c1-15(2)10-3-4-11(10)16-6-5-9-7-13-8-14-12(9)16/h5-8,10-11H,3-4H2,1-2H3. The van der Waals surface area contributed by atoms with Crippen molar-refractivity contribution in [2.75, 3.05) is 14.1 Å². The monoisotopic (exact) mass is 216 g/mol. The molecule has 2 unspecified atom stereocenters. The molecule has 0 N–H and O–H groups in total. The molecule has 2 heterocycles. The normalized spacial score (nSPS) is 24.9. The van der Waals surface area contributed by atoms with E-state index in [0.717, 1.165) is 11.0 Å². The first-order chi connectivity index (χ1) is 7.77. The topological polar surface area (TPSA) is 34.0 Å². The summed E-state index contributed by atoms with van der Waals surface area (Å²) in [5.41, 5.74) is 1.06. The van der Waals surface area contributed by atoms with Gasteiger partial charge in [0.05, 0.1) is 6.04 Å². The van der Waals surface area contributed by atoms with Crippen LogP contribution in [0.25, 0.3) is 11.0 Å². The van der Waals surface area contributed by atoms with Crippen molar-refractivity contribution >= 4 is 11.0 Å². The maximum Gasteiger partial charge on any atom is 0.143 e. The van der Waals surface area contributed by atoms with Crippen LogP contribution in [0.15, 0.2) is 24.8 Å². The van der Waals surface area contributed by atoms with E-state index in [0.29, 0.717) is 12.1 Å². The minimum absolute atomic E-state index is 0.572. The summed E-state index contributed by atoms with van der Waals surface area (Å²) in [5, 5.41) is 1.13. The molecule has 1 aliphatic rings. The molecular formula is C12H16N4. The van der Waals surface area contributed by atoms with Gasteiger partial charge >= 0.3 is 0 Å². The Kier molecular flexibility index (Phi) is 2.17. The molecule has 4 nitrogen and oxygen atoms in total. The van der Waals surface area contributed by atoms with E-state index in [-0.39, 0.29) is 0 Å². The van der Waals surface area contributed by atoms with Crippen molar-refractivity contribution in [2.24, 2.45) is 0 Å². The van der Waals surface area contributed by atoms with Gasteiger partial charge in [0.15, 0.2) is 0 Å². The van der Waals surface area contributed by atoms with Gasteiger partial charge < -0.3 is 9.47 Å². The molecule has 0 amide bonds. The summed E-state index contributed by atoms with van der Waals surface area (Å²) < 4.78 is 2.30. The van der Waals surface area contributed by atoms with E-state index in [1.807, 2.05) is 6.20 Å². The first kappa shape index (κ1) is 9.78. The zero-order chi connectivity index (χ0) is 11.1. The summed E-state index contributed by atoms with van der Waals surface area (Å²) >= 11 is 0. The lowest BCUT2D eigenvalue weighted by Gasteiger charge is -2.42. The molecule has 0 aromatic carbocycles. The number of rotatable bonds is 2. The second kappa shape index (κ2) is 3.56. The van der Waals surface area contributed by atoms with Gasteiger partial charge in [-0.15, -0.1) is 0 Å².